The van der Waals surface area contributed by atoms with Crippen molar-refractivity contribution in [1.82, 2.24) is 13.9 Å². The second-order valence-electron chi connectivity index (χ2n) is 9.00. The summed E-state index contributed by atoms with van der Waals surface area (Å²) in [5, 5.41) is 6.89. The molecule has 1 N–H and O–H groups in total. The van der Waals surface area contributed by atoms with E-state index < -0.39 is 10.0 Å². The van der Waals surface area contributed by atoms with Gasteiger partial charge in [0.2, 0.25) is 0 Å². The minimum atomic E-state index is -3.76. The summed E-state index contributed by atoms with van der Waals surface area (Å²) in [6, 6.07) is 11.3. The van der Waals surface area contributed by atoms with E-state index in [1.165, 1.54) is 10.4 Å². The Kier molecular flexibility index (Phi) is 7.73. The lowest BCUT2D eigenvalue weighted by molar-refractivity contribution is -0.122. The number of likely N-dealkylation sites (tertiary alicyclic amines) is 1. The van der Waals surface area contributed by atoms with Gasteiger partial charge in [0.1, 0.15) is 0 Å². The van der Waals surface area contributed by atoms with E-state index in [-0.39, 0.29) is 12.6 Å². The van der Waals surface area contributed by atoms with Crippen molar-refractivity contribution in [3.8, 4) is 0 Å². The monoisotopic (exact) mass is 500 g/mol. The first kappa shape index (κ1) is 25.2. The number of carboxylic acid groups (broad SMARTS) is 1. The van der Waals surface area contributed by atoms with E-state index in [9.17, 15) is 8.42 Å². The molecule has 0 amide bonds. The number of anilines is 1. The van der Waals surface area contributed by atoms with Gasteiger partial charge in [-0.1, -0.05) is 6.07 Å². The van der Waals surface area contributed by atoms with Crippen molar-refractivity contribution in [3.63, 3.8) is 0 Å². The SMILES string of the molecule is CO[C@H]1CCN(c2cccc(S(=O)(=O)n3cc(C[C@@H]4CCCN4C)c4ncccc43)c2)C1.O=CO. The van der Waals surface area contributed by atoms with Crippen molar-refractivity contribution in [3.05, 3.63) is 54.4 Å². The largest absolute Gasteiger partial charge is 0.483 e. The predicted molar refractivity (Wildman–Crippen MR) is 134 cm³/mol. The summed E-state index contributed by atoms with van der Waals surface area (Å²) < 4.78 is 34.3. The second-order valence-corrected chi connectivity index (χ2v) is 10.8. The molecule has 10 heteroatoms. The molecule has 1 aromatic carbocycles. The fraction of sp³-hybridized carbons (Fsp3) is 0.440. The van der Waals surface area contributed by atoms with Crippen LogP contribution in [0.1, 0.15) is 24.8 Å². The maximum atomic E-state index is 13.7. The topological polar surface area (TPSA) is 105 Å². The maximum Gasteiger partial charge on any atom is 0.290 e. The average molecular weight is 501 g/mol. The van der Waals surface area contributed by atoms with Crippen LogP contribution in [0.5, 0.6) is 0 Å². The molecule has 2 atom stereocenters. The van der Waals surface area contributed by atoms with Gasteiger partial charge in [0.05, 0.1) is 22.0 Å². The van der Waals surface area contributed by atoms with Crippen LogP contribution >= 0.6 is 0 Å². The Hall–Kier alpha value is -2.95. The minimum absolute atomic E-state index is 0.186. The van der Waals surface area contributed by atoms with Gasteiger partial charge in [0.15, 0.2) is 0 Å². The predicted octanol–water partition coefficient (Wildman–Crippen LogP) is 2.84. The first-order chi connectivity index (χ1) is 16.9. The van der Waals surface area contributed by atoms with Crippen LogP contribution in [0.25, 0.3) is 11.0 Å². The number of nitrogens with zero attached hydrogens (tertiary/aromatic N) is 4. The molecule has 0 bridgehead atoms. The molecule has 0 radical (unpaired) electrons. The van der Waals surface area contributed by atoms with Gasteiger partial charge in [-0.2, -0.15) is 0 Å². The summed E-state index contributed by atoms with van der Waals surface area (Å²) in [6.45, 7) is 2.47. The van der Waals surface area contributed by atoms with E-state index in [1.54, 1.807) is 37.7 Å². The third-order valence-corrected chi connectivity index (χ3v) is 8.62. The van der Waals surface area contributed by atoms with Gasteiger partial charge in [-0.05, 0) is 75.2 Å². The first-order valence-electron chi connectivity index (χ1n) is 11.8. The van der Waals surface area contributed by atoms with Gasteiger partial charge >= 0.3 is 0 Å². The number of benzene rings is 1. The van der Waals surface area contributed by atoms with Crippen LogP contribution in [0.15, 0.2) is 53.7 Å². The molecule has 2 aliphatic heterocycles. The quantitative estimate of drug-likeness (QED) is 0.515. The van der Waals surface area contributed by atoms with Crippen LogP contribution in [0.2, 0.25) is 0 Å². The van der Waals surface area contributed by atoms with Crippen LogP contribution in [-0.4, -0.2) is 79.8 Å². The molecule has 0 spiro atoms. The highest BCUT2D eigenvalue weighted by molar-refractivity contribution is 7.90. The fourth-order valence-electron chi connectivity index (χ4n) is 5.04. The molecule has 3 aromatic rings. The Bertz CT molecular complexity index is 1280. The number of methoxy groups -OCH3 is 1. The average Bonchev–Trinajstić information content (AvgIpc) is 3.59. The number of carbonyl (C=O) groups is 1. The Morgan fingerprint density at radius 1 is 1.20 bits per heavy atom. The summed E-state index contributed by atoms with van der Waals surface area (Å²) >= 11 is 0. The number of hydrogen-bond donors (Lipinski definition) is 1. The second kappa shape index (κ2) is 10.8. The fourth-order valence-corrected chi connectivity index (χ4v) is 6.46. The van der Waals surface area contributed by atoms with E-state index in [2.05, 4.69) is 21.8 Å². The summed E-state index contributed by atoms with van der Waals surface area (Å²) in [4.78, 5) is 17.7. The van der Waals surface area contributed by atoms with Gasteiger partial charge in [0.25, 0.3) is 16.5 Å². The van der Waals surface area contributed by atoms with Gasteiger partial charge in [-0.15, -0.1) is 0 Å². The molecule has 2 aliphatic rings. The van der Waals surface area contributed by atoms with E-state index in [0.717, 1.165) is 55.7 Å². The van der Waals surface area contributed by atoms with Gasteiger partial charge in [0, 0.05) is 44.3 Å². The molecule has 4 heterocycles. The molecule has 35 heavy (non-hydrogen) atoms. The molecular weight excluding hydrogens is 468 g/mol. The molecule has 2 fully saturated rings. The number of rotatable bonds is 6. The van der Waals surface area contributed by atoms with Crippen LogP contribution in [-0.2, 0) is 26.0 Å². The van der Waals surface area contributed by atoms with Crippen molar-refractivity contribution in [2.45, 2.75) is 42.7 Å². The molecule has 0 unspecified atom stereocenters. The van der Waals surface area contributed by atoms with Gasteiger partial charge in [-0.3, -0.25) is 9.78 Å². The molecule has 2 aromatic heterocycles. The van der Waals surface area contributed by atoms with Crippen LogP contribution < -0.4 is 4.90 Å². The van der Waals surface area contributed by atoms with Crippen molar-refractivity contribution >= 4 is 33.2 Å². The van der Waals surface area contributed by atoms with E-state index in [4.69, 9.17) is 14.6 Å². The smallest absolute Gasteiger partial charge is 0.290 e. The highest BCUT2D eigenvalue weighted by Crippen LogP contribution is 2.30. The number of aromatic nitrogens is 2. The standard InChI is InChI=1S/C24H30N4O3S.CH2O2/c1-26-12-5-7-19(26)14-18-16-28(23-9-4-11-25-24(18)23)32(29,30)22-8-3-6-20(15-22)27-13-10-21(17-27)31-2;2-1-3/h3-4,6,8-9,11,15-16,19,21H,5,7,10,12-14,17H2,1-2H3;1H,(H,2,3)/t19-,21-;/m0./s1. The molecular formula is C25H32N4O5S. The molecule has 5 rings (SSSR count). The Morgan fingerprint density at radius 3 is 2.69 bits per heavy atom. The first-order valence-corrected chi connectivity index (χ1v) is 13.2. The number of likely N-dealkylation sites (N-methyl/N-ethyl adjacent to an activating group) is 1. The van der Waals surface area contributed by atoms with Gasteiger partial charge in [-0.25, -0.2) is 12.4 Å². The Morgan fingerprint density at radius 2 is 2.00 bits per heavy atom. The number of pyridine rings is 1. The summed E-state index contributed by atoms with van der Waals surface area (Å²) in [5.74, 6) is 0. The molecule has 2 saturated heterocycles. The van der Waals surface area contributed by atoms with Gasteiger partial charge < -0.3 is 19.6 Å². The zero-order chi connectivity index (χ0) is 25.0. The highest BCUT2D eigenvalue weighted by Gasteiger charge is 2.27. The highest BCUT2D eigenvalue weighted by atomic mass is 32.2. The van der Waals surface area contributed by atoms with E-state index >= 15 is 0 Å². The van der Waals surface area contributed by atoms with Crippen molar-refractivity contribution in [1.29, 1.82) is 0 Å². The molecule has 188 valence electrons. The minimum Gasteiger partial charge on any atom is -0.483 e. The lowest BCUT2D eigenvalue weighted by Gasteiger charge is -2.19. The van der Waals surface area contributed by atoms with Crippen molar-refractivity contribution in [2.75, 3.05) is 38.7 Å². The van der Waals surface area contributed by atoms with Crippen molar-refractivity contribution < 1.29 is 23.1 Å². The van der Waals surface area contributed by atoms with Crippen LogP contribution in [0.3, 0.4) is 0 Å². The van der Waals surface area contributed by atoms with Crippen molar-refractivity contribution in [2.24, 2.45) is 0 Å². The summed E-state index contributed by atoms with van der Waals surface area (Å²) in [7, 11) is 0.103. The van der Waals surface area contributed by atoms with E-state index in [1.807, 2.05) is 18.2 Å². The maximum absolute atomic E-state index is 13.7. The number of fused-ring (bicyclic) bond motifs is 1. The molecule has 0 aliphatic carbocycles. The molecule has 9 nitrogen and oxygen atoms in total. The normalized spacial score (nSPS) is 20.7. The summed E-state index contributed by atoms with van der Waals surface area (Å²) in [5.41, 5.74) is 3.30. The Labute approximate surface area is 206 Å². The molecule has 0 saturated carbocycles. The third-order valence-electron chi connectivity index (χ3n) is 6.95. The lowest BCUT2D eigenvalue weighted by atomic mass is 10.1. The van der Waals surface area contributed by atoms with Crippen LogP contribution in [0.4, 0.5) is 5.69 Å². The Balaban J connectivity index is 0.000000917. The van der Waals surface area contributed by atoms with E-state index in [0.29, 0.717) is 16.5 Å². The summed E-state index contributed by atoms with van der Waals surface area (Å²) in [6.07, 6.45) is 7.76. The third kappa shape index (κ3) is 5.19. The van der Waals surface area contributed by atoms with Crippen LogP contribution in [0, 0.1) is 0 Å². The zero-order valence-electron chi connectivity index (χ0n) is 20.1. The lowest BCUT2D eigenvalue weighted by Crippen LogP contribution is -2.26. The number of ether oxygens (including phenoxy) is 1. The zero-order valence-corrected chi connectivity index (χ0v) is 20.9. The number of hydrogen-bond acceptors (Lipinski definition) is 7.